The van der Waals surface area contributed by atoms with Gasteiger partial charge >= 0.3 is 0 Å². The highest BCUT2D eigenvalue weighted by Crippen LogP contribution is 2.30. The summed E-state index contributed by atoms with van der Waals surface area (Å²) in [5, 5.41) is 6.57. The molecule has 2 aliphatic rings. The first-order valence-corrected chi connectivity index (χ1v) is 10.5. The predicted octanol–water partition coefficient (Wildman–Crippen LogP) is 3.19. The molecule has 0 bridgehead atoms. The van der Waals surface area contributed by atoms with E-state index in [1.807, 2.05) is 29.2 Å². The van der Waals surface area contributed by atoms with E-state index in [1.54, 1.807) is 20.4 Å². The zero-order chi connectivity index (χ0) is 20.9. The van der Waals surface area contributed by atoms with E-state index in [9.17, 15) is 4.79 Å². The average Bonchev–Trinajstić information content (AvgIpc) is 3.01. The average molecular weight is 412 g/mol. The zero-order valence-corrected chi connectivity index (χ0v) is 17.6. The largest absolute Gasteiger partial charge is 0.495 e. The van der Waals surface area contributed by atoms with Crippen molar-refractivity contribution in [2.24, 2.45) is 5.92 Å². The number of carbonyl (C=O) groups excluding carboxylic acids is 1. The van der Waals surface area contributed by atoms with Gasteiger partial charge in [0.25, 0.3) is 0 Å². The molecule has 1 aliphatic heterocycles. The van der Waals surface area contributed by atoms with Crippen LogP contribution in [0.4, 0.5) is 17.3 Å². The molecule has 8 heteroatoms. The molecule has 8 nitrogen and oxygen atoms in total. The van der Waals surface area contributed by atoms with Crippen molar-refractivity contribution in [1.29, 1.82) is 0 Å². The smallest absolute Gasteiger partial charge is 0.227 e. The fourth-order valence-electron chi connectivity index (χ4n) is 4.19. The minimum absolute atomic E-state index is 0.0750. The van der Waals surface area contributed by atoms with Gasteiger partial charge in [0.05, 0.1) is 43.0 Å². The number of hydrogen-bond donors (Lipinski definition) is 2. The van der Waals surface area contributed by atoms with E-state index in [0.717, 1.165) is 48.5 Å². The van der Waals surface area contributed by atoms with Gasteiger partial charge < -0.3 is 25.0 Å². The number of hydrogen-bond acceptors (Lipinski definition) is 7. The lowest BCUT2D eigenvalue weighted by Gasteiger charge is -2.31. The minimum Gasteiger partial charge on any atom is -0.495 e. The van der Waals surface area contributed by atoms with E-state index in [2.05, 4.69) is 15.6 Å². The SMILES string of the molecule is COc1ccccc1Nc1ncc2c(n1)CN(C(=O)C1CCC(OC)CC1)CCN2. The van der Waals surface area contributed by atoms with Crippen molar-refractivity contribution in [3.63, 3.8) is 0 Å². The second kappa shape index (κ2) is 9.30. The molecule has 1 aliphatic carbocycles. The summed E-state index contributed by atoms with van der Waals surface area (Å²) < 4.78 is 10.8. The number of methoxy groups -OCH3 is 2. The molecular formula is C22H29N5O3. The van der Waals surface area contributed by atoms with Crippen molar-refractivity contribution in [1.82, 2.24) is 14.9 Å². The number of carbonyl (C=O) groups is 1. The van der Waals surface area contributed by atoms with Crippen molar-refractivity contribution >= 4 is 23.2 Å². The number of benzene rings is 1. The zero-order valence-electron chi connectivity index (χ0n) is 17.6. The Morgan fingerprint density at radius 1 is 1.20 bits per heavy atom. The molecule has 1 saturated carbocycles. The summed E-state index contributed by atoms with van der Waals surface area (Å²) in [5.41, 5.74) is 2.49. The standard InChI is InChI=1S/C22H29N5O3/c1-29-16-9-7-15(8-10-16)21(28)27-12-11-23-18-13-24-22(26-19(18)14-27)25-17-5-3-4-6-20(17)30-2/h3-6,13,15-16,23H,7-12,14H2,1-2H3,(H,24,25,26). The number of ether oxygens (including phenoxy) is 2. The number of fused-ring (bicyclic) bond motifs is 1. The summed E-state index contributed by atoms with van der Waals surface area (Å²) in [5.74, 6) is 1.50. The Bertz CT molecular complexity index is 883. The number of aromatic nitrogens is 2. The van der Waals surface area contributed by atoms with Crippen LogP contribution in [0.25, 0.3) is 0 Å². The van der Waals surface area contributed by atoms with Crippen LogP contribution in [0.2, 0.25) is 0 Å². The van der Waals surface area contributed by atoms with Gasteiger partial charge in [0.15, 0.2) is 0 Å². The van der Waals surface area contributed by atoms with Crippen molar-refractivity contribution in [3.8, 4) is 5.75 Å². The summed E-state index contributed by atoms with van der Waals surface area (Å²) in [7, 11) is 3.38. The maximum atomic E-state index is 13.2. The van der Waals surface area contributed by atoms with Crippen molar-refractivity contribution in [3.05, 3.63) is 36.2 Å². The minimum atomic E-state index is 0.0750. The van der Waals surface area contributed by atoms with E-state index in [0.29, 0.717) is 25.6 Å². The quantitative estimate of drug-likeness (QED) is 0.781. The van der Waals surface area contributed by atoms with Crippen molar-refractivity contribution in [2.75, 3.05) is 37.9 Å². The topological polar surface area (TPSA) is 88.6 Å². The van der Waals surface area contributed by atoms with Gasteiger partial charge in [0, 0.05) is 26.1 Å². The highest BCUT2D eigenvalue weighted by atomic mass is 16.5. The first kappa shape index (κ1) is 20.4. The van der Waals surface area contributed by atoms with Gasteiger partial charge in [0.1, 0.15) is 5.75 Å². The molecule has 1 fully saturated rings. The summed E-state index contributed by atoms with van der Waals surface area (Å²) in [6.07, 6.45) is 5.74. The van der Waals surface area contributed by atoms with Gasteiger partial charge in [0.2, 0.25) is 11.9 Å². The number of amides is 1. The van der Waals surface area contributed by atoms with Crippen LogP contribution in [0.15, 0.2) is 30.5 Å². The molecular weight excluding hydrogens is 382 g/mol. The number of nitrogens with zero attached hydrogens (tertiary/aromatic N) is 3. The molecule has 30 heavy (non-hydrogen) atoms. The van der Waals surface area contributed by atoms with Crippen LogP contribution in [0.3, 0.4) is 0 Å². The third-order valence-electron chi connectivity index (χ3n) is 5.93. The molecule has 2 N–H and O–H groups in total. The van der Waals surface area contributed by atoms with Gasteiger partial charge in [-0.05, 0) is 37.8 Å². The monoisotopic (exact) mass is 411 g/mol. The second-order valence-corrected chi connectivity index (χ2v) is 7.78. The number of rotatable bonds is 5. The van der Waals surface area contributed by atoms with Crippen LogP contribution in [-0.4, -0.2) is 54.2 Å². The summed E-state index contributed by atoms with van der Waals surface area (Å²) in [4.78, 5) is 24.2. The molecule has 2 aromatic rings. The molecule has 1 aromatic heterocycles. The van der Waals surface area contributed by atoms with E-state index in [1.165, 1.54) is 0 Å². The van der Waals surface area contributed by atoms with Crippen LogP contribution >= 0.6 is 0 Å². The first-order valence-electron chi connectivity index (χ1n) is 10.5. The molecule has 0 unspecified atom stereocenters. The fraction of sp³-hybridized carbons (Fsp3) is 0.500. The number of para-hydroxylation sites is 2. The number of nitrogens with one attached hydrogen (secondary N) is 2. The maximum Gasteiger partial charge on any atom is 0.227 e. The summed E-state index contributed by atoms with van der Waals surface area (Å²) in [6.45, 7) is 1.83. The third kappa shape index (κ3) is 4.48. The lowest BCUT2D eigenvalue weighted by Crippen LogP contribution is -2.39. The summed E-state index contributed by atoms with van der Waals surface area (Å²) in [6, 6.07) is 7.63. The Labute approximate surface area is 177 Å². The molecule has 4 rings (SSSR count). The summed E-state index contributed by atoms with van der Waals surface area (Å²) >= 11 is 0. The van der Waals surface area contributed by atoms with E-state index in [-0.39, 0.29) is 17.9 Å². The lowest BCUT2D eigenvalue weighted by atomic mass is 9.86. The van der Waals surface area contributed by atoms with E-state index >= 15 is 0 Å². The van der Waals surface area contributed by atoms with E-state index < -0.39 is 0 Å². The Morgan fingerprint density at radius 2 is 2.00 bits per heavy atom. The maximum absolute atomic E-state index is 13.2. The third-order valence-corrected chi connectivity index (χ3v) is 5.93. The Balaban J connectivity index is 1.48. The molecule has 2 heterocycles. The van der Waals surface area contributed by atoms with E-state index in [4.69, 9.17) is 14.5 Å². The fourth-order valence-corrected chi connectivity index (χ4v) is 4.19. The molecule has 0 radical (unpaired) electrons. The molecule has 0 spiro atoms. The molecule has 1 amide bonds. The Morgan fingerprint density at radius 3 is 2.77 bits per heavy atom. The lowest BCUT2D eigenvalue weighted by molar-refractivity contribution is -0.137. The predicted molar refractivity (Wildman–Crippen MR) is 115 cm³/mol. The first-order chi connectivity index (χ1) is 14.7. The van der Waals surface area contributed by atoms with Gasteiger partial charge in [-0.25, -0.2) is 9.97 Å². The van der Waals surface area contributed by atoms with Gasteiger partial charge in [-0.15, -0.1) is 0 Å². The molecule has 1 aromatic carbocycles. The Hall–Kier alpha value is -2.87. The van der Waals surface area contributed by atoms with Gasteiger partial charge in [-0.1, -0.05) is 12.1 Å². The van der Waals surface area contributed by atoms with Crippen LogP contribution in [0.5, 0.6) is 5.75 Å². The molecule has 0 atom stereocenters. The molecule has 0 saturated heterocycles. The normalized spacial score (nSPS) is 21.2. The highest BCUT2D eigenvalue weighted by Gasteiger charge is 2.30. The second-order valence-electron chi connectivity index (χ2n) is 7.78. The van der Waals surface area contributed by atoms with Gasteiger partial charge in [-0.2, -0.15) is 0 Å². The Kier molecular flexibility index (Phi) is 6.32. The van der Waals surface area contributed by atoms with Crippen LogP contribution < -0.4 is 15.4 Å². The van der Waals surface area contributed by atoms with Crippen molar-refractivity contribution in [2.45, 2.75) is 38.3 Å². The van der Waals surface area contributed by atoms with Crippen molar-refractivity contribution < 1.29 is 14.3 Å². The van der Waals surface area contributed by atoms with Gasteiger partial charge in [-0.3, -0.25) is 4.79 Å². The highest BCUT2D eigenvalue weighted by molar-refractivity contribution is 5.79. The van der Waals surface area contributed by atoms with Crippen LogP contribution in [-0.2, 0) is 16.1 Å². The molecule has 160 valence electrons. The van der Waals surface area contributed by atoms with Crippen LogP contribution in [0, 0.1) is 5.92 Å². The van der Waals surface area contributed by atoms with Crippen LogP contribution in [0.1, 0.15) is 31.4 Å². The number of anilines is 3.